The van der Waals surface area contributed by atoms with Gasteiger partial charge in [0.25, 0.3) is 5.91 Å². The minimum Gasteiger partial charge on any atom is -0.508 e. The van der Waals surface area contributed by atoms with Gasteiger partial charge in [-0.15, -0.1) is 0 Å². The Morgan fingerprint density at radius 1 is 1.12 bits per heavy atom. The molecular weight excluding hydrogens is 672 g/mol. The third kappa shape index (κ3) is 7.03. The van der Waals surface area contributed by atoms with Gasteiger partial charge in [-0.3, -0.25) is 9.59 Å². The SMILES string of the molecule is C[C@H](CC=Cc1ccccc1)[C@@H]1CC#C[C@]2(O)[C@@H](C(=O)O)O[C@@H](Oc3ccc4c(=O)c(-c5ccc(O)cc5)c(C(N)=O)oc4c3)[C@@](O)(CNC1)[C@H]2O. The number of aliphatic hydroxyl groups excluding tert-OH is 1. The number of allylic oxidation sites excluding steroid dienone is 1. The second kappa shape index (κ2) is 14.6. The van der Waals surface area contributed by atoms with Gasteiger partial charge in [-0.25, -0.2) is 4.79 Å². The van der Waals surface area contributed by atoms with E-state index >= 15 is 0 Å². The summed E-state index contributed by atoms with van der Waals surface area (Å²) in [5.41, 5.74) is 0.839. The Hall–Kier alpha value is -5.49. The third-order valence-corrected chi connectivity index (χ3v) is 9.56. The van der Waals surface area contributed by atoms with Gasteiger partial charge in [0.2, 0.25) is 23.6 Å². The van der Waals surface area contributed by atoms with Gasteiger partial charge in [-0.1, -0.05) is 73.4 Å². The van der Waals surface area contributed by atoms with Crippen molar-refractivity contribution < 1.29 is 49.0 Å². The third-order valence-electron chi connectivity index (χ3n) is 9.56. The van der Waals surface area contributed by atoms with E-state index in [2.05, 4.69) is 23.2 Å². The number of primary amides is 1. The lowest BCUT2D eigenvalue weighted by atomic mass is 9.75. The number of amides is 1. The summed E-state index contributed by atoms with van der Waals surface area (Å²) in [6.45, 7) is 1.99. The molecule has 0 saturated carbocycles. The molecule has 3 aromatic carbocycles. The largest absolute Gasteiger partial charge is 0.508 e. The van der Waals surface area contributed by atoms with Crippen molar-refractivity contribution in [1.82, 2.24) is 5.32 Å². The van der Waals surface area contributed by atoms with Gasteiger partial charge >= 0.3 is 5.97 Å². The van der Waals surface area contributed by atoms with Crippen molar-refractivity contribution in [3.63, 3.8) is 0 Å². The molecule has 4 aromatic rings. The van der Waals surface area contributed by atoms with Crippen molar-refractivity contribution in [1.29, 1.82) is 0 Å². The van der Waals surface area contributed by atoms with Crippen molar-refractivity contribution in [2.24, 2.45) is 17.6 Å². The first-order valence-corrected chi connectivity index (χ1v) is 16.6. The van der Waals surface area contributed by atoms with Crippen molar-refractivity contribution in [2.75, 3.05) is 13.1 Å². The molecule has 270 valence electrons. The molecule has 1 aromatic heterocycles. The fraction of sp³-hybridized carbons (Fsp3) is 0.308. The number of carbonyl (C=O) groups is 2. The molecule has 0 aliphatic carbocycles. The van der Waals surface area contributed by atoms with E-state index in [0.717, 1.165) is 5.56 Å². The summed E-state index contributed by atoms with van der Waals surface area (Å²) < 4.78 is 17.4. The first kappa shape index (κ1) is 36.3. The lowest BCUT2D eigenvalue weighted by Crippen LogP contribution is -2.76. The van der Waals surface area contributed by atoms with Gasteiger partial charge in [0.15, 0.2) is 11.2 Å². The number of carbonyl (C=O) groups excluding carboxylic acids is 1. The smallest absolute Gasteiger partial charge is 0.337 e. The van der Waals surface area contributed by atoms with Crippen LogP contribution in [0.3, 0.4) is 0 Å². The number of nitrogens with two attached hydrogens (primary N) is 1. The summed E-state index contributed by atoms with van der Waals surface area (Å²) in [5.74, 6) is 2.00. The minimum atomic E-state index is -2.72. The van der Waals surface area contributed by atoms with Crippen LogP contribution in [-0.2, 0) is 9.53 Å². The average Bonchev–Trinajstić information content (AvgIpc) is 3.11. The number of carboxylic acid groups (broad SMARTS) is 1. The lowest BCUT2D eigenvalue weighted by Gasteiger charge is -2.50. The Morgan fingerprint density at radius 2 is 1.85 bits per heavy atom. The number of β-amino-alcohol motifs (C(OH)–C–C–N with tert-alkyl or cyclic N) is 1. The molecule has 0 radical (unpaired) electrons. The molecular formula is C39H38N2O11. The monoisotopic (exact) mass is 710 g/mol. The van der Waals surface area contributed by atoms with E-state index < -0.39 is 59.3 Å². The fourth-order valence-corrected chi connectivity index (χ4v) is 6.55. The van der Waals surface area contributed by atoms with Gasteiger partial charge in [0.1, 0.15) is 23.2 Å². The number of fused-ring (bicyclic) bond motifs is 3. The van der Waals surface area contributed by atoms with Crippen LogP contribution in [0.25, 0.3) is 28.2 Å². The molecule has 1 saturated heterocycles. The van der Waals surface area contributed by atoms with Crippen LogP contribution >= 0.6 is 0 Å². The van der Waals surface area contributed by atoms with Crippen molar-refractivity contribution >= 4 is 28.9 Å². The molecule has 13 heteroatoms. The second-order valence-electron chi connectivity index (χ2n) is 13.2. The number of nitrogens with one attached hydrogen (secondary N) is 1. The summed E-state index contributed by atoms with van der Waals surface area (Å²) in [4.78, 5) is 38.4. The zero-order valence-corrected chi connectivity index (χ0v) is 28.1. The topological polar surface area (TPSA) is 222 Å². The highest BCUT2D eigenvalue weighted by molar-refractivity contribution is 5.99. The number of rotatable bonds is 9. The highest BCUT2D eigenvalue weighted by Crippen LogP contribution is 2.39. The summed E-state index contributed by atoms with van der Waals surface area (Å²) in [7, 11) is 0. The maximum absolute atomic E-state index is 13.6. The van der Waals surface area contributed by atoms with Crippen molar-refractivity contribution in [3.8, 4) is 34.5 Å². The summed E-state index contributed by atoms with van der Waals surface area (Å²) in [6, 6.07) is 19.2. The van der Waals surface area contributed by atoms with Gasteiger partial charge in [-0.05, 0) is 60.2 Å². The molecule has 7 atom stereocenters. The highest BCUT2D eigenvalue weighted by Gasteiger charge is 2.65. The molecule has 3 heterocycles. The number of aliphatic hydroxyl groups is 3. The number of carboxylic acids is 1. The van der Waals surface area contributed by atoms with E-state index in [1.807, 2.05) is 43.3 Å². The van der Waals surface area contributed by atoms with Gasteiger partial charge in [0, 0.05) is 19.0 Å². The Balaban J connectivity index is 1.30. The quantitative estimate of drug-likeness (QED) is 0.125. The normalized spacial score (nSPS) is 26.6. The van der Waals surface area contributed by atoms with Gasteiger partial charge < -0.3 is 50.5 Å². The number of aromatic hydroxyl groups is 1. The van der Waals surface area contributed by atoms with Crippen LogP contribution in [0.1, 0.15) is 35.9 Å². The molecule has 2 bridgehead atoms. The Bertz CT molecular complexity index is 2120. The van der Waals surface area contributed by atoms with E-state index in [4.69, 9.17) is 19.6 Å². The molecule has 13 nitrogen and oxygen atoms in total. The number of hydrogen-bond donors (Lipinski definition) is 7. The maximum atomic E-state index is 13.6. The van der Waals surface area contributed by atoms with Crippen molar-refractivity contribution in [2.45, 2.75) is 49.5 Å². The van der Waals surface area contributed by atoms with E-state index in [9.17, 15) is 39.9 Å². The molecule has 1 fully saturated rings. The summed E-state index contributed by atoms with van der Waals surface area (Å²) in [6.07, 6.45) is -1.20. The highest BCUT2D eigenvalue weighted by atomic mass is 16.7. The van der Waals surface area contributed by atoms with Gasteiger partial charge in [-0.2, -0.15) is 0 Å². The number of phenolic OH excluding ortho intramolecular Hbond substituents is 1. The molecule has 6 rings (SSSR count). The Kier molecular flexibility index (Phi) is 10.2. The summed E-state index contributed by atoms with van der Waals surface area (Å²) >= 11 is 0. The van der Waals surface area contributed by atoms with Crippen LogP contribution in [-0.4, -0.2) is 80.2 Å². The second-order valence-corrected chi connectivity index (χ2v) is 13.2. The van der Waals surface area contributed by atoms with E-state index in [0.29, 0.717) is 13.0 Å². The van der Waals surface area contributed by atoms with E-state index in [1.54, 1.807) is 0 Å². The first-order valence-electron chi connectivity index (χ1n) is 16.6. The molecule has 1 amide bonds. The molecule has 0 unspecified atom stereocenters. The van der Waals surface area contributed by atoms with Crippen LogP contribution < -0.4 is 21.2 Å². The van der Waals surface area contributed by atoms with E-state index in [1.165, 1.54) is 42.5 Å². The molecule has 8 N–H and O–H groups in total. The lowest BCUT2D eigenvalue weighted by molar-refractivity contribution is -0.328. The van der Waals surface area contributed by atoms with Crippen LogP contribution in [0.15, 0.2) is 88.1 Å². The maximum Gasteiger partial charge on any atom is 0.337 e. The number of phenols is 1. The Labute approximate surface area is 297 Å². The van der Waals surface area contributed by atoms with Crippen molar-refractivity contribution in [3.05, 3.63) is 100 Å². The predicted octanol–water partition coefficient (Wildman–Crippen LogP) is 2.63. The number of benzene rings is 3. The van der Waals surface area contributed by atoms with Crippen LogP contribution in [0.5, 0.6) is 11.5 Å². The fourth-order valence-electron chi connectivity index (χ4n) is 6.55. The zero-order chi connectivity index (χ0) is 37.2. The Morgan fingerprint density at radius 3 is 2.54 bits per heavy atom. The number of ether oxygens (including phenoxy) is 2. The van der Waals surface area contributed by atoms with Gasteiger partial charge in [0.05, 0.1) is 10.9 Å². The molecule has 0 spiro atoms. The predicted molar refractivity (Wildman–Crippen MR) is 189 cm³/mol. The van der Waals surface area contributed by atoms with Crippen LogP contribution in [0, 0.1) is 23.7 Å². The van der Waals surface area contributed by atoms with Crippen LogP contribution in [0.2, 0.25) is 0 Å². The molecule has 52 heavy (non-hydrogen) atoms. The molecule has 2 aliphatic heterocycles. The number of hydrogen-bond acceptors (Lipinski definition) is 11. The molecule has 2 aliphatic rings. The zero-order valence-electron chi connectivity index (χ0n) is 28.1. The summed E-state index contributed by atoms with van der Waals surface area (Å²) in [5, 5.41) is 57.9. The average molecular weight is 711 g/mol. The first-order chi connectivity index (χ1) is 24.8. The minimum absolute atomic E-state index is 0.0240. The van der Waals surface area contributed by atoms with E-state index in [-0.39, 0.29) is 51.9 Å². The van der Waals surface area contributed by atoms with Crippen LogP contribution in [0.4, 0.5) is 0 Å². The standard InChI is InChI=1S/C39H38N2O11/c1-22(7-5-10-23-8-3-2-4-9-23)25-11-6-18-38(48)33(35(45)46)52-37(39(49,36(38)47)21-41-20-25)50-27-16-17-28-29(19-27)51-32(34(40)44)30(31(28)43)24-12-14-26(42)15-13-24/h2-5,8-10,12-17,19,22,25,33,36-37,41-42,47-49H,7,11,20-21H2,1H3,(H2,40,44)(H,45,46)/t22-,25-,33-,36+,37-,38+,39-/m1/s1. The number of aliphatic carboxylic acids is 1.